The molecule has 2 rings (SSSR count). The number of aromatic nitrogens is 2. The number of nitrogens with two attached hydrogens (primary N) is 1. The first-order valence-electron chi connectivity index (χ1n) is 6.57. The van der Waals surface area contributed by atoms with Crippen LogP contribution < -0.4 is 10.5 Å². The second kappa shape index (κ2) is 5.78. The fraction of sp³-hybridized carbons (Fsp3) is 0.400. The van der Waals surface area contributed by atoms with Gasteiger partial charge in [-0.05, 0) is 36.6 Å². The van der Waals surface area contributed by atoms with Crippen LogP contribution in [-0.4, -0.2) is 16.9 Å². The van der Waals surface area contributed by atoms with Gasteiger partial charge in [0.25, 0.3) is 0 Å². The first-order chi connectivity index (χ1) is 9.10. The lowest BCUT2D eigenvalue weighted by Crippen LogP contribution is -2.02. The quantitative estimate of drug-likeness (QED) is 0.897. The number of benzene rings is 1. The molecule has 0 bridgehead atoms. The Morgan fingerprint density at radius 1 is 1.26 bits per heavy atom. The van der Waals surface area contributed by atoms with Gasteiger partial charge < -0.3 is 10.5 Å². The van der Waals surface area contributed by atoms with E-state index >= 15 is 0 Å². The molecule has 4 heteroatoms. The Kier molecular flexibility index (Phi) is 4.10. The highest BCUT2D eigenvalue weighted by Gasteiger charge is 2.09. The Hall–Kier alpha value is -1.97. The van der Waals surface area contributed by atoms with E-state index < -0.39 is 0 Å². The molecule has 0 saturated heterocycles. The van der Waals surface area contributed by atoms with E-state index in [1.54, 1.807) is 7.11 Å². The fourth-order valence-electron chi connectivity index (χ4n) is 1.92. The minimum absolute atomic E-state index is 0.662. The van der Waals surface area contributed by atoms with E-state index in [1.807, 2.05) is 35.1 Å². The van der Waals surface area contributed by atoms with Gasteiger partial charge in [0.05, 0.1) is 12.8 Å². The molecule has 2 N–H and O–H groups in total. The van der Waals surface area contributed by atoms with Crippen molar-refractivity contribution in [1.82, 2.24) is 9.78 Å². The molecular weight excluding hydrogens is 238 g/mol. The first kappa shape index (κ1) is 13.5. The molecule has 0 amide bonds. The van der Waals surface area contributed by atoms with Crippen molar-refractivity contribution >= 4 is 5.69 Å². The van der Waals surface area contributed by atoms with E-state index in [0.29, 0.717) is 11.6 Å². The minimum atomic E-state index is 0.662. The maximum Gasteiger partial charge on any atom is 0.118 e. The average molecular weight is 259 g/mol. The van der Waals surface area contributed by atoms with Gasteiger partial charge in [0.2, 0.25) is 0 Å². The lowest BCUT2D eigenvalue weighted by molar-refractivity contribution is 0.415. The molecule has 2 aromatic rings. The zero-order valence-electron chi connectivity index (χ0n) is 11.8. The molecule has 4 nitrogen and oxygen atoms in total. The summed E-state index contributed by atoms with van der Waals surface area (Å²) in [4.78, 5) is 0. The highest BCUT2D eigenvalue weighted by atomic mass is 16.5. The van der Waals surface area contributed by atoms with Crippen molar-refractivity contribution in [3.05, 3.63) is 30.5 Å². The number of ether oxygens (including phenoxy) is 1. The topological polar surface area (TPSA) is 53.1 Å². The Balaban J connectivity index is 2.19. The van der Waals surface area contributed by atoms with Gasteiger partial charge in [0.15, 0.2) is 0 Å². The lowest BCUT2D eigenvalue weighted by atomic mass is 10.1. The predicted octanol–water partition coefficient (Wildman–Crippen LogP) is 3.19. The Morgan fingerprint density at radius 3 is 2.53 bits per heavy atom. The van der Waals surface area contributed by atoms with Gasteiger partial charge in [-0.3, -0.25) is 4.68 Å². The molecule has 0 fully saturated rings. The third kappa shape index (κ3) is 3.28. The standard InChI is InChI=1S/C15H21N3O/c1-11(2)8-9-18-10-14(16)15(17-18)12-4-6-13(19-3)7-5-12/h4-7,10-11H,8-9,16H2,1-3H3. The molecule has 1 aromatic heterocycles. The van der Waals surface area contributed by atoms with Crippen LogP contribution in [-0.2, 0) is 6.54 Å². The van der Waals surface area contributed by atoms with Crippen LogP contribution in [0.25, 0.3) is 11.3 Å². The number of methoxy groups -OCH3 is 1. The molecule has 0 unspecified atom stereocenters. The number of hydrogen-bond acceptors (Lipinski definition) is 3. The maximum atomic E-state index is 6.04. The van der Waals surface area contributed by atoms with Crippen molar-refractivity contribution in [3.8, 4) is 17.0 Å². The Labute approximate surface area is 114 Å². The molecule has 0 saturated carbocycles. The van der Waals surface area contributed by atoms with Crippen molar-refractivity contribution < 1.29 is 4.74 Å². The van der Waals surface area contributed by atoms with Gasteiger partial charge in [-0.15, -0.1) is 0 Å². The minimum Gasteiger partial charge on any atom is -0.497 e. The molecule has 0 aliphatic heterocycles. The van der Waals surface area contributed by atoms with Crippen molar-refractivity contribution in [2.45, 2.75) is 26.8 Å². The van der Waals surface area contributed by atoms with Gasteiger partial charge in [-0.2, -0.15) is 5.10 Å². The predicted molar refractivity (Wildman–Crippen MR) is 78.1 cm³/mol. The third-order valence-corrected chi connectivity index (χ3v) is 3.09. The van der Waals surface area contributed by atoms with Gasteiger partial charge in [-0.25, -0.2) is 0 Å². The number of nitrogens with zero attached hydrogens (tertiary/aromatic N) is 2. The fourth-order valence-corrected chi connectivity index (χ4v) is 1.92. The molecule has 19 heavy (non-hydrogen) atoms. The van der Waals surface area contributed by atoms with Crippen LogP contribution in [0.5, 0.6) is 5.75 Å². The Bertz CT molecular complexity index is 529. The smallest absolute Gasteiger partial charge is 0.118 e. The normalized spacial score (nSPS) is 10.9. The number of nitrogen functional groups attached to an aromatic ring is 1. The largest absolute Gasteiger partial charge is 0.497 e. The molecule has 0 atom stereocenters. The van der Waals surface area contributed by atoms with Crippen LogP contribution in [0.3, 0.4) is 0 Å². The molecular formula is C15H21N3O. The van der Waals surface area contributed by atoms with Crippen molar-refractivity contribution in [1.29, 1.82) is 0 Å². The molecule has 0 radical (unpaired) electrons. The molecule has 102 valence electrons. The van der Waals surface area contributed by atoms with Gasteiger partial charge in [-0.1, -0.05) is 13.8 Å². The van der Waals surface area contributed by atoms with Crippen LogP contribution in [0.4, 0.5) is 5.69 Å². The van der Waals surface area contributed by atoms with Gasteiger partial charge >= 0.3 is 0 Å². The number of hydrogen-bond donors (Lipinski definition) is 1. The third-order valence-electron chi connectivity index (χ3n) is 3.09. The highest BCUT2D eigenvalue weighted by molar-refractivity contribution is 5.72. The molecule has 0 aliphatic rings. The molecule has 1 aromatic carbocycles. The van der Waals surface area contributed by atoms with Gasteiger partial charge in [0, 0.05) is 18.3 Å². The summed E-state index contributed by atoms with van der Waals surface area (Å²) < 4.78 is 7.07. The summed E-state index contributed by atoms with van der Waals surface area (Å²) in [6.07, 6.45) is 3.01. The SMILES string of the molecule is COc1ccc(-c2nn(CCC(C)C)cc2N)cc1. The number of anilines is 1. The molecule has 0 aliphatic carbocycles. The van der Waals surface area contributed by atoms with Crippen LogP contribution >= 0.6 is 0 Å². The second-order valence-electron chi connectivity index (χ2n) is 5.11. The summed E-state index contributed by atoms with van der Waals surface area (Å²) in [5.41, 5.74) is 8.61. The van der Waals surface area contributed by atoms with Crippen LogP contribution in [0.15, 0.2) is 30.5 Å². The van der Waals surface area contributed by atoms with E-state index in [9.17, 15) is 0 Å². The summed E-state index contributed by atoms with van der Waals surface area (Å²) in [7, 11) is 1.66. The number of aryl methyl sites for hydroxylation is 1. The number of rotatable bonds is 5. The van der Waals surface area contributed by atoms with E-state index in [0.717, 1.165) is 30.0 Å². The van der Waals surface area contributed by atoms with Crippen LogP contribution in [0, 0.1) is 5.92 Å². The second-order valence-corrected chi connectivity index (χ2v) is 5.11. The van der Waals surface area contributed by atoms with E-state index in [-0.39, 0.29) is 0 Å². The lowest BCUT2D eigenvalue weighted by Gasteiger charge is -2.04. The zero-order valence-corrected chi connectivity index (χ0v) is 11.8. The summed E-state index contributed by atoms with van der Waals surface area (Å²) >= 11 is 0. The average Bonchev–Trinajstić information content (AvgIpc) is 2.78. The van der Waals surface area contributed by atoms with E-state index in [2.05, 4.69) is 18.9 Å². The monoisotopic (exact) mass is 259 g/mol. The first-order valence-corrected chi connectivity index (χ1v) is 6.57. The summed E-state index contributed by atoms with van der Waals surface area (Å²) in [6, 6.07) is 7.79. The summed E-state index contributed by atoms with van der Waals surface area (Å²) in [5.74, 6) is 1.50. The van der Waals surface area contributed by atoms with Crippen molar-refractivity contribution in [2.24, 2.45) is 5.92 Å². The van der Waals surface area contributed by atoms with Crippen molar-refractivity contribution in [3.63, 3.8) is 0 Å². The zero-order chi connectivity index (χ0) is 13.8. The van der Waals surface area contributed by atoms with E-state index in [4.69, 9.17) is 10.5 Å². The Morgan fingerprint density at radius 2 is 1.95 bits per heavy atom. The molecule has 1 heterocycles. The van der Waals surface area contributed by atoms with Crippen LogP contribution in [0.2, 0.25) is 0 Å². The molecule has 0 spiro atoms. The highest BCUT2D eigenvalue weighted by Crippen LogP contribution is 2.26. The van der Waals surface area contributed by atoms with Crippen LogP contribution in [0.1, 0.15) is 20.3 Å². The maximum absolute atomic E-state index is 6.04. The van der Waals surface area contributed by atoms with E-state index in [1.165, 1.54) is 0 Å². The van der Waals surface area contributed by atoms with Gasteiger partial charge in [0.1, 0.15) is 11.4 Å². The summed E-state index contributed by atoms with van der Waals surface area (Å²) in [5, 5.41) is 4.56. The summed E-state index contributed by atoms with van der Waals surface area (Å²) in [6.45, 7) is 5.31. The van der Waals surface area contributed by atoms with Crippen molar-refractivity contribution in [2.75, 3.05) is 12.8 Å².